The van der Waals surface area contributed by atoms with Gasteiger partial charge in [-0.3, -0.25) is 0 Å². The molecular formula is C12H18BrNS. The van der Waals surface area contributed by atoms with Crippen LogP contribution in [-0.4, -0.2) is 5.75 Å². The second kappa shape index (κ2) is 6.44. The lowest BCUT2D eigenvalue weighted by atomic mass is 10.2. The third-order valence-electron chi connectivity index (χ3n) is 2.43. The van der Waals surface area contributed by atoms with Crippen LogP contribution in [0.3, 0.4) is 0 Å². The van der Waals surface area contributed by atoms with Crippen molar-refractivity contribution in [1.82, 2.24) is 0 Å². The molecule has 0 aliphatic heterocycles. The first-order chi connectivity index (χ1) is 7.13. The number of hydrogen-bond acceptors (Lipinski definition) is 2. The van der Waals surface area contributed by atoms with Gasteiger partial charge < -0.3 is 5.73 Å². The predicted molar refractivity (Wildman–Crippen MR) is 74.2 cm³/mol. The van der Waals surface area contributed by atoms with Gasteiger partial charge in [-0.15, -0.1) is 0 Å². The Balaban J connectivity index is 2.44. The van der Waals surface area contributed by atoms with Crippen LogP contribution in [0.1, 0.15) is 25.8 Å². The summed E-state index contributed by atoms with van der Waals surface area (Å²) in [6.07, 6.45) is 1.26. The van der Waals surface area contributed by atoms with Crippen molar-refractivity contribution in [3.8, 4) is 0 Å². The van der Waals surface area contributed by atoms with Crippen LogP contribution in [0.5, 0.6) is 0 Å². The van der Waals surface area contributed by atoms with Gasteiger partial charge >= 0.3 is 0 Å². The molecule has 1 unspecified atom stereocenters. The normalized spacial score (nSPS) is 12.7. The summed E-state index contributed by atoms with van der Waals surface area (Å²) in [6.45, 7) is 4.54. The maximum absolute atomic E-state index is 5.69. The third-order valence-corrected chi connectivity index (χ3v) is 4.49. The molecule has 0 fully saturated rings. The smallest absolute Gasteiger partial charge is 0.0325 e. The standard InChI is InChI=1S/C12H18BrNS/c1-3-9(2)7-15-8-10-4-5-11(14)6-12(10)13/h4-6,9H,3,7-8,14H2,1-2H3. The van der Waals surface area contributed by atoms with Gasteiger partial charge in [-0.1, -0.05) is 42.3 Å². The first-order valence-corrected chi connectivity index (χ1v) is 7.20. The van der Waals surface area contributed by atoms with E-state index in [1.807, 2.05) is 23.9 Å². The number of nitrogens with two attached hydrogens (primary N) is 1. The van der Waals surface area contributed by atoms with E-state index in [9.17, 15) is 0 Å². The third kappa shape index (κ3) is 4.47. The SMILES string of the molecule is CCC(C)CSCc1ccc(N)cc1Br. The summed E-state index contributed by atoms with van der Waals surface area (Å²) in [4.78, 5) is 0. The van der Waals surface area contributed by atoms with Crippen molar-refractivity contribution >= 4 is 33.4 Å². The Hall–Kier alpha value is -0.150. The van der Waals surface area contributed by atoms with Gasteiger partial charge in [0.1, 0.15) is 0 Å². The van der Waals surface area contributed by atoms with Crippen LogP contribution in [0.25, 0.3) is 0 Å². The molecule has 0 spiro atoms. The van der Waals surface area contributed by atoms with Crippen LogP contribution in [-0.2, 0) is 5.75 Å². The van der Waals surface area contributed by atoms with Crippen molar-refractivity contribution in [3.05, 3.63) is 28.2 Å². The number of benzene rings is 1. The second-order valence-corrected chi connectivity index (χ2v) is 5.76. The van der Waals surface area contributed by atoms with Crippen LogP contribution < -0.4 is 5.73 Å². The van der Waals surface area contributed by atoms with Gasteiger partial charge in [0.25, 0.3) is 0 Å². The molecule has 3 heteroatoms. The Morgan fingerprint density at radius 3 is 2.80 bits per heavy atom. The topological polar surface area (TPSA) is 26.0 Å². The van der Waals surface area contributed by atoms with Gasteiger partial charge in [-0.25, -0.2) is 0 Å². The van der Waals surface area contributed by atoms with Crippen molar-refractivity contribution in [2.75, 3.05) is 11.5 Å². The van der Waals surface area contributed by atoms with Crippen LogP contribution in [0.2, 0.25) is 0 Å². The molecule has 1 nitrogen and oxygen atoms in total. The first-order valence-electron chi connectivity index (χ1n) is 5.25. The van der Waals surface area contributed by atoms with E-state index >= 15 is 0 Å². The molecule has 1 aromatic rings. The summed E-state index contributed by atoms with van der Waals surface area (Å²) in [5.41, 5.74) is 7.84. The van der Waals surface area contributed by atoms with E-state index in [-0.39, 0.29) is 0 Å². The van der Waals surface area contributed by atoms with E-state index in [1.54, 1.807) is 0 Å². The average Bonchev–Trinajstić information content (AvgIpc) is 2.21. The molecule has 2 N–H and O–H groups in total. The molecule has 84 valence electrons. The Morgan fingerprint density at radius 1 is 1.47 bits per heavy atom. The minimum absolute atomic E-state index is 0.808. The van der Waals surface area contributed by atoms with E-state index in [1.165, 1.54) is 17.7 Å². The number of rotatable bonds is 5. The fourth-order valence-corrected chi connectivity index (χ4v) is 3.12. The van der Waals surface area contributed by atoms with Gasteiger partial charge in [0.05, 0.1) is 0 Å². The predicted octanol–water partition coefficient (Wildman–Crippen LogP) is 4.31. The fourth-order valence-electron chi connectivity index (χ4n) is 1.17. The van der Waals surface area contributed by atoms with Crippen LogP contribution in [0, 0.1) is 5.92 Å². The molecule has 1 rings (SSSR count). The number of halogens is 1. The summed E-state index contributed by atoms with van der Waals surface area (Å²) in [6, 6.07) is 6.03. The van der Waals surface area contributed by atoms with Gasteiger partial charge in [-0.05, 0) is 29.4 Å². The summed E-state index contributed by atoms with van der Waals surface area (Å²) in [5.74, 6) is 3.10. The van der Waals surface area contributed by atoms with Crippen molar-refractivity contribution < 1.29 is 0 Å². The van der Waals surface area contributed by atoms with Crippen molar-refractivity contribution in [3.63, 3.8) is 0 Å². The summed E-state index contributed by atoms with van der Waals surface area (Å²) >= 11 is 5.53. The first kappa shape index (κ1) is 12.9. The largest absolute Gasteiger partial charge is 0.399 e. The molecule has 1 aromatic carbocycles. The molecule has 0 saturated carbocycles. The van der Waals surface area contributed by atoms with E-state index in [4.69, 9.17) is 5.73 Å². The van der Waals surface area contributed by atoms with Crippen molar-refractivity contribution in [1.29, 1.82) is 0 Å². The molecule has 0 radical (unpaired) electrons. The summed E-state index contributed by atoms with van der Waals surface area (Å²) < 4.78 is 1.12. The quantitative estimate of drug-likeness (QED) is 0.817. The van der Waals surface area contributed by atoms with E-state index in [2.05, 4.69) is 35.8 Å². The van der Waals surface area contributed by atoms with Gasteiger partial charge in [0.15, 0.2) is 0 Å². The highest BCUT2D eigenvalue weighted by Crippen LogP contribution is 2.25. The minimum atomic E-state index is 0.808. The number of nitrogen functional groups attached to an aromatic ring is 1. The molecule has 0 saturated heterocycles. The number of anilines is 1. The van der Waals surface area contributed by atoms with Crippen LogP contribution >= 0.6 is 27.7 Å². The van der Waals surface area contributed by atoms with Gasteiger partial charge in [-0.2, -0.15) is 11.8 Å². The molecule has 1 atom stereocenters. The lowest BCUT2D eigenvalue weighted by molar-refractivity contribution is 0.637. The van der Waals surface area contributed by atoms with Crippen molar-refractivity contribution in [2.24, 2.45) is 5.92 Å². The van der Waals surface area contributed by atoms with Gasteiger partial charge in [0.2, 0.25) is 0 Å². The Labute approximate surface area is 105 Å². The van der Waals surface area contributed by atoms with Crippen molar-refractivity contribution in [2.45, 2.75) is 26.0 Å². The molecule has 0 amide bonds. The molecule has 0 bridgehead atoms. The number of hydrogen-bond donors (Lipinski definition) is 1. The van der Waals surface area contributed by atoms with E-state index in [0.29, 0.717) is 0 Å². The monoisotopic (exact) mass is 287 g/mol. The zero-order chi connectivity index (χ0) is 11.3. The van der Waals surface area contributed by atoms with Crippen LogP contribution in [0.4, 0.5) is 5.69 Å². The zero-order valence-corrected chi connectivity index (χ0v) is 11.7. The molecule has 0 heterocycles. The lowest BCUT2D eigenvalue weighted by Crippen LogP contribution is -1.96. The molecule has 0 aromatic heterocycles. The minimum Gasteiger partial charge on any atom is -0.399 e. The van der Waals surface area contributed by atoms with E-state index in [0.717, 1.165) is 21.8 Å². The number of thioether (sulfide) groups is 1. The second-order valence-electron chi connectivity index (χ2n) is 3.88. The highest BCUT2D eigenvalue weighted by molar-refractivity contribution is 9.10. The maximum Gasteiger partial charge on any atom is 0.0325 e. The summed E-state index contributed by atoms with van der Waals surface area (Å²) in [5, 5.41) is 0. The average molecular weight is 288 g/mol. The molecule has 0 aliphatic carbocycles. The molecule has 0 aliphatic rings. The lowest BCUT2D eigenvalue weighted by Gasteiger charge is -2.09. The Kier molecular flexibility index (Phi) is 5.54. The highest BCUT2D eigenvalue weighted by atomic mass is 79.9. The van der Waals surface area contributed by atoms with Crippen LogP contribution in [0.15, 0.2) is 22.7 Å². The fraction of sp³-hybridized carbons (Fsp3) is 0.500. The molecule has 15 heavy (non-hydrogen) atoms. The molecular weight excluding hydrogens is 270 g/mol. The van der Waals surface area contributed by atoms with Gasteiger partial charge in [0, 0.05) is 15.9 Å². The highest BCUT2D eigenvalue weighted by Gasteiger charge is 2.02. The maximum atomic E-state index is 5.69. The Bertz CT molecular complexity index is 314. The summed E-state index contributed by atoms with van der Waals surface area (Å²) in [7, 11) is 0. The van der Waals surface area contributed by atoms with E-state index < -0.39 is 0 Å². The zero-order valence-electron chi connectivity index (χ0n) is 9.29. The Morgan fingerprint density at radius 2 is 2.20 bits per heavy atom.